The molecule has 9 heteroatoms. The van der Waals surface area contributed by atoms with Crippen LogP contribution in [0.5, 0.6) is 0 Å². The predicted molar refractivity (Wildman–Crippen MR) is 121 cm³/mol. The second-order valence-electron chi connectivity index (χ2n) is 6.97. The van der Waals surface area contributed by atoms with Gasteiger partial charge in [-0.3, -0.25) is 0 Å². The maximum atomic E-state index is 13.8. The normalized spacial score (nSPS) is 11.7. The predicted octanol–water partition coefficient (Wildman–Crippen LogP) is 5.53. The summed E-state index contributed by atoms with van der Waals surface area (Å²) in [5, 5.41) is 0.480. The van der Waals surface area contributed by atoms with Crippen LogP contribution in [-0.2, 0) is 16.6 Å². The highest BCUT2D eigenvalue weighted by atomic mass is 35.5. The molecular formula is C23H16ClN3O4S. The lowest BCUT2D eigenvalue weighted by atomic mass is 10.2. The Balaban J connectivity index is 1.62. The Bertz CT molecular complexity index is 1480. The molecule has 0 fully saturated rings. The van der Waals surface area contributed by atoms with Crippen LogP contribution in [0.4, 0.5) is 6.01 Å². The van der Waals surface area contributed by atoms with Gasteiger partial charge in [0, 0.05) is 10.6 Å². The molecule has 3 aromatic carbocycles. The molecule has 0 bridgehead atoms. The zero-order chi connectivity index (χ0) is 22.1. The fraction of sp³-hybridized carbons (Fsp3) is 0.0435. The molecule has 0 spiro atoms. The van der Waals surface area contributed by atoms with Crippen molar-refractivity contribution < 1.29 is 17.3 Å². The highest BCUT2D eigenvalue weighted by Gasteiger charge is 2.30. The number of sulfonamides is 1. The maximum absolute atomic E-state index is 13.8. The van der Waals surface area contributed by atoms with Gasteiger partial charge in [-0.05, 0) is 42.0 Å². The summed E-state index contributed by atoms with van der Waals surface area (Å²) in [7, 11) is -4.05. The standard InChI is InChI=1S/C23H16ClN3O4S/c24-18-9-10-21-20(14-18)26-23(31-21)27(15-16-5-2-1-3-6-16)32(28,29)19-8-4-7-17(13-19)22-25-11-12-30-22/h1-14H,15H2. The van der Waals surface area contributed by atoms with E-state index in [4.69, 9.17) is 20.4 Å². The number of halogens is 1. The van der Waals surface area contributed by atoms with Gasteiger partial charge in [-0.15, -0.1) is 0 Å². The van der Waals surface area contributed by atoms with Crippen molar-refractivity contribution >= 4 is 38.7 Å². The van der Waals surface area contributed by atoms with Gasteiger partial charge in [0.2, 0.25) is 5.89 Å². The van der Waals surface area contributed by atoms with Crippen LogP contribution in [0.2, 0.25) is 5.02 Å². The van der Waals surface area contributed by atoms with E-state index in [2.05, 4.69) is 9.97 Å². The molecular weight excluding hydrogens is 450 g/mol. The van der Waals surface area contributed by atoms with Crippen LogP contribution in [0.15, 0.2) is 99.0 Å². The molecule has 5 aromatic rings. The van der Waals surface area contributed by atoms with Gasteiger partial charge >= 0.3 is 6.01 Å². The number of hydrogen-bond acceptors (Lipinski definition) is 6. The fourth-order valence-corrected chi connectivity index (χ4v) is 4.83. The first kappa shape index (κ1) is 20.3. The Kier molecular flexibility index (Phi) is 5.16. The molecule has 7 nitrogen and oxygen atoms in total. The monoisotopic (exact) mass is 465 g/mol. The summed E-state index contributed by atoms with van der Waals surface area (Å²) in [6, 6.07) is 20.5. The van der Waals surface area contributed by atoms with Crippen molar-refractivity contribution in [3.05, 3.63) is 95.8 Å². The molecule has 5 rings (SSSR count). The van der Waals surface area contributed by atoms with Crippen molar-refractivity contribution in [2.75, 3.05) is 4.31 Å². The topological polar surface area (TPSA) is 89.4 Å². The van der Waals surface area contributed by atoms with Crippen LogP contribution in [-0.4, -0.2) is 18.4 Å². The van der Waals surface area contributed by atoms with E-state index in [-0.39, 0.29) is 17.5 Å². The third-order valence-corrected chi connectivity index (χ3v) is 6.77. The molecule has 0 atom stereocenters. The van der Waals surface area contributed by atoms with E-state index in [1.165, 1.54) is 24.6 Å². The van der Waals surface area contributed by atoms with Gasteiger partial charge in [-0.2, -0.15) is 4.98 Å². The molecule has 0 saturated carbocycles. The van der Waals surface area contributed by atoms with Crippen molar-refractivity contribution in [2.24, 2.45) is 0 Å². The molecule has 0 aliphatic rings. The van der Waals surface area contributed by atoms with Crippen LogP contribution < -0.4 is 4.31 Å². The van der Waals surface area contributed by atoms with Gasteiger partial charge in [0.05, 0.1) is 17.6 Å². The Hall–Kier alpha value is -3.62. The minimum atomic E-state index is -4.05. The van der Waals surface area contributed by atoms with E-state index in [9.17, 15) is 8.42 Å². The highest BCUT2D eigenvalue weighted by Crippen LogP contribution is 2.31. The molecule has 0 radical (unpaired) electrons. The smallest absolute Gasteiger partial charge is 0.313 e. The Labute approximate surface area is 189 Å². The van der Waals surface area contributed by atoms with Crippen LogP contribution >= 0.6 is 11.6 Å². The number of fused-ring (bicyclic) bond motifs is 1. The average molecular weight is 466 g/mol. The molecule has 160 valence electrons. The molecule has 2 aromatic heterocycles. The summed E-state index contributed by atoms with van der Waals surface area (Å²) in [4.78, 5) is 8.56. The lowest BCUT2D eigenvalue weighted by Crippen LogP contribution is -2.30. The van der Waals surface area contributed by atoms with Crippen LogP contribution in [0.3, 0.4) is 0 Å². The number of oxazole rings is 2. The molecule has 0 aliphatic carbocycles. The summed E-state index contributed by atoms with van der Waals surface area (Å²) in [6.45, 7) is 0.0347. The van der Waals surface area contributed by atoms with E-state index in [1.54, 1.807) is 30.3 Å². The van der Waals surface area contributed by atoms with E-state index in [1.807, 2.05) is 30.3 Å². The van der Waals surface area contributed by atoms with E-state index < -0.39 is 10.0 Å². The van der Waals surface area contributed by atoms with Gasteiger partial charge < -0.3 is 8.83 Å². The van der Waals surface area contributed by atoms with E-state index in [0.29, 0.717) is 27.6 Å². The zero-order valence-corrected chi connectivity index (χ0v) is 18.1. The van der Waals surface area contributed by atoms with Crippen LogP contribution in [0.25, 0.3) is 22.6 Å². The van der Waals surface area contributed by atoms with Crippen molar-refractivity contribution in [3.63, 3.8) is 0 Å². The maximum Gasteiger partial charge on any atom is 0.313 e. The van der Waals surface area contributed by atoms with Crippen LogP contribution in [0, 0.1) is 0 Å². The summed E-state index contributed by atoms with van der Waals surface area (Å²) in [5.74, 6) is 0.327. The van der Waals surface area contributed by atoms with Gasteiger partial charge in [-0.1, -0.05) is 48.0 Å². The third kappa shape index (κ3) is 3.86. The lowest BCUT2D eigenvalue weighted by Gasteiger charge is -2.21. The molecule has 2 heterocycles. The van der Waals surface area contributed by atoms with Gasteiger partial charge in [-0.25, -0.2) is 17.7 Å². The lowest BCUT2D eigenvalue weighted by molar-refractivity contribution is 0.564. The average Bonchev–Trinajstić information content (AvgIpc) is 3.48. The Morgan fingerprint density at radius 1 is 0.969 bits per heavy atom. The van der Waals surface area contributed by atoms with Gasteiger partial charge in [0.15, 0.2) is 5.58 Å². The van der Waals surface area contributed by atoms with Crippen molar-refractivity contribution in [2.45, 2.75) is 11.4 Å². The Morgan fingerprint density at radius 3 is 2.59 bits per heavy atom. The number of anilines is 1. The molecule has 0 amide bonds. The minimum Gasteiger partial charge on any atom is -0.445 e. The number of hydrogen-bond donors (Lipinski definition) is 0. The number of aromatic nitrogens is 2. The first-order valence-corrected chi connectivity index (χ1v) is 11.5. The molecule has 0 saturated heterocycles. The number of rotatable bonds is 6. The minimum absolute atomic E-state index is 0.0347. The first-order valence-electron chi connectivity index (χ1n) is 9.63. The fourth-order valence-electron chi connectivity index (χ4n) is 3.28. The summed E-state index contributed by atoms with van der Waals surface area (Å²) in [6.07, 6.45) is 2.93. The molecule has 0 aliphatic heterocycles. The molecule has 0 unspecified atom stereocenters. The van der Waals surface area contributed by atoms with Crippen LogP contribution in [0.1, 0.15) is 5.56 Å². The summed E-state index contributed by atoms with van der Waals surface area (Å²) < 4.78 is 39.8. The molecule has 32 heavy (non-hydrogen) atoms. The largest absolute Gasteiger partial charge is 0.445 e. The van der Waals surface area contributed by atoms with Gasteiger partial charge in [0.1, 0.15) is 11.8 Å². The van der Waals surface area contributed by atoms with Crippen molar-refractivity contribution in [3.8, 4) is 11.5 Å². The summed E-state index contributed by atoms with van der Waals surface area (Å²) >= 11 is 6.06. The van der Waals surface area contributed by atoms with E-state index >= 15 is 0 Å². The second kappa shape index (κ2) is 8.14. The zero-order valence-electron chi connectivity index (χ0n) is 16.6. The van der Waals surface area contributed by atoms with Gasteiger partial charge in [0.25, 0.3) is 10.0 Å². The molecule has 0 N–H and O–H groups in total. The number of benzene rings is 3. The number of nitrogens with zero attached hydrogens (tertiary/aromatic N) is 3. The van der Waals surface area contributed by atoms with Crippen molar-refractivity contribution in [1.82, 2.24) is 9.97 Å². The first-order chi connectivity index (χ1) is 15.5. The van der Waals surface area contributed by atoms with Crippen molar-refractivity contribution in [1.29, 1.82) is 0 Å². The summed E-state index contributed by atoms with van der Waals surface area (Å²) in [5.41, 5.74) is 2.22. The third-order valence-electron chi connectivity index (χ3n) is 4.82. The second-order valence-corrected chi connectivity index (χ2v) is 9.27. The SMILES string of the molecule is O=S(=O)(c1cccc(-c2ncco2)c1)N(Cc1ccccc1)c1nc2cc(Cl)ccc2o1. The van der Waals surface area contributed by atoms with E-state index in [0.717, 1.165) is 9.87 Å². The Morgan fingerprint density at radius 2 is 1.81 bits per heavy atom. The quantitative estimate of drug-likeness (QED) is 0.327. The highest BCUT2D eigenvalue weighted by molar-refractivity contribution is 7.92.